The summed E-state index contributed by atoms with van der Waals surface area (Å²) in [5, 5.41) is 3.51. The highest BCUT2D eigenvalue weighted by Gasteiger charge is 2.33. The van der Waals surface area contributed by atoms with Crippen LogP contribution in [0.2, 0.25) is 0 Å². The number of benzene rings is 2. The first kappa shape index (κ1) is 16.3. The zero-order chi connectivity index (χ0) is 17.1. The van der Waals surface area contributed by atoms with Gasteiger partial charge in [-0.05, 0) is 31.9 Å². The average Bonchev–Trinajstić information content (AvgIpc) is 2.89. The lowest BCUT2D eigenvalue weighted by molar-refractivity contribution is -0.128. The normalized spacial score (nSPS) is 19.8. The Hall–Kier alpha value is -2.55. The SMILES string of the molecule is C[C@H](c1ccccc1)N1C(=O)C=C(N[C@H](C)c2ccccc2)[C@@H]1C. The van der Waals surface area contributed by atoms with Crippen LogP contribution in [-0.2, 0) is 4.79 Å². The molecule has 1 N–H and O–H groups in total. The molecule has 2 aromatic carbocycles. The van der Waals surface area contributed by atoms with E-state index in [0.29, 0.717) is 0 Å². The van der Waals surface area contributed by atoms with Crippen molar-refractivity contribution >= 4 is 5.91 Å². The summed E-state index contributed by atoms with van der Waals surface area (Å²) in [4.78, 5) is 14.5. The fourth-order valence-electron chi connectivity index (χ4n) is 3.32. The average molecular weight is 320 g/mol. The topological polar surface area (TPSA) is 32.3 Å². The molecule has 2 aromatic rings. The van der Waals surface area contributed by atoms with Gasteiger partial charge in [-0.15, -0.1) is 0 Å². The number of rotatable bonds is 5. The van der Waals surface area contributed by atoms with Crippen LogP contribution in [-0.4, -0.2) is 16.8 Å². The van der Waals surface area contributed by atoms with E-state index < -0.39 is 0 Å². The lowest BCUT2D eigenvalue weighted by atomic mass is 10.1. The van der Waals surface area contributed by atoms with Crippen LogP contribution < -0.4 is 5.32 Å². The van der Waals surface area contributed by atoms with E-state index in [-0.39, 0.29) is 24.0 Å². The van der Waals surface area contributed by atoms with Crippen LogP contribution in [0.4, 0.5) is 0 Å². The van der Waals surface area contributed by atoms with Crippen molar-refractivity contribution in [2.45, 2.75) is 38.9 Å². The molecule has 3 rings (SSSR count). The van der Waals surface area contributed by atoms with E-state index in [1.807, 2.05) is 41.3 Å². The lowest BCUT2D eigenvalue weighted by Crippen LogP contribution is -2.38. The quantitative estimate of drug-likeness (QED) is 0.895. The molecule has 1 aliphatic heterocycles. The van der Waals surface area contributed by atoms with Crippen LogP contribution >= 0.6 is 0 Å². The number of hydrogen-bond donors (Lipinski definition) is 1. The molecule has 0 saturated carbocycles. The van der Waals surface area contributed by atoms with Gasteiger partial charge in [0.1, 0.15) is 0 Å². The van der Waals surface area contributed by atoms with E-state index in [0.717, 1.165) is 11.3 Å². The highest BCUT2D eigenvalue weighted by molar-refractivity contribution is 5.92. The van der Waals surface area contributed by atoms with Gasteiger partial charge in [0.05, 0.1) is 12.1 Å². The molecular formula is C21H24N2O. The highest BCUT2D eigenvalue weighted by atomic mass is 16.2. The lowest BCUT2D eigenvalue weighted by Gasteiger charge is -2.31. The second-order valence-corrected chi connectivity index (χ2v) is 6.38. The van der Waals surface area contributed by atoms with Crippen molar-refractivity contribution in [3.05, 3.63) is 83.6 Å². The molecule has 3 nitrogen and oxygen atoms in total. The Morgan fingerprint density at radius 2 is 1.46 bits per heavy atom. The zero-order valence-corrected chi connectivity index (χ0v) is 14.4. The molecule has 0 bridgehead atoms. The Kier molecular flexibility index (Phi) is 4.70. The van der Waals surface area contributed by atoms with Gasteiger partial charge >= 0.3 is 0 Å². The summed E-state index contributed by atoms with van der Waals surface area (Å²) in [6, 6.07) is 20.7. The largest absolute Gasteiger partial charge is 0.380 e. The second-order valence-electron chi connectivity index (χ2n) is 6.38. The molecule has 0 aromatic heterocycles. The summed E-state index contributed by atoms with van der Waals surface area (Å²) in [5.41, 5.74) is 3.36. The van der Waals surface area contributed by atoms with Crippen molar-refractivity contribution in [1.29, 1.82) is 0 Å². The fourth-order valence-corrected chi connectivity index (χ4v) is 3.32. The van der Waals surface area contributed by atoms with Gasteiger partial charge in [0.2, 0.25) is 5.91 Å². The van der Waals surface area contributed by atoms with Crippen LogP contribution in [0.3, 0.4) is 0 Å². The number of nitrogens with zero attached hydrogens (tertiary/aromatic N) is 1. The fraction of sp³-hybridized carbons (Fsp3) is 0.286. The summed E-state index contributed by atoms with van der Waals surface area (Å²) in [7, 11) is 0. The number of amides is 1. The molecule has 0 saturated heterocycles. The summed E-state index contributed by atoms with van der Waals surface area (Å²) in [5.74, 6) is 0.0709. The molecule has 3 atom stereocenters. The number of hydrogen-bond acceptors (Lipinski definition) is 2. The van der Waals surface area contributed by atoms with Crippen molar-refractivity contribution in [1.82, 2.24) is 10.2 Å². The van der Waals surface area contributed by atoms with Gasteiger partial charge in [0.15, 0.2) is 0 Å². The van der Waals surface area contributed by atoms with Gasteiger partial charge in [0, 0.05) is 17.8 Å². The molecule has 24 heavy (non-hydrogen) atoms. The second kappa shape index (κ2) is 6.91. The first-order chi connectivity index (χ1) is 11.6. The van der Waals surface area contributed by atoms with Crippen molar-refractivity contribution in [3.63, 3.8) is 0 Å². The van der Waals surface area contributed by atoms with Crippen molar-refractivity contribution < 1.29 is 4.79 Å². The molecule has 0 unspecified atom stereocenters. The minimum absolute atomic E-state index is 0.0406. The molecule has 0 fully saturated rings. The van der Waals surface area contributed by atoms with Gasteiger partial charge in [-0.1, -0.05) is 60.7 Å². The van der Waals surface area contributed by atoms with Crippen molar-refractivity contribution in [2.75, 3.05) is 0 Å². The monoisotopic (exact) mass is 320 g/mol. The highest BCUT2D eigenvalue weighted by Crippen LogP contribution is 2.30. The van der Waals surface area contributed by atoms with Gasteiger partial charge in [0.25, 0.3) is 0 Å². The van der Waals surface area contributed by atoms with E-state index >= 15 is 0 Å². The Labute approximate surface area is 144 Å². The first-order valence-corrected chi connectivity index (χ1v) is 8.48. The molecule has 3 heteroatoms. The third kappa shape index (κ3) is 3.21. The van der Waals surface area contributed by atoms with Gasteiger partial charge in [-0.3, -0.25) is 4.79 Å². The molecule has 124 valence electrons. The molecule has 1 aliphatic rings. The molecule has 1 heterocycles. The number of carbonyl (C=O) groups is 1. The van der Waals surface area contributed by atoms with E-state index in [2.05, 4.69) is 50.4 Å². The van der Waals surface area contributed by atoms with Crippen LogP contribution in [0, 0.1) is 0 Å². The third-order valence-electron chi connectivity index (χ3n) is 4.78. The molecule has 0 spiro atoms. The third-order valence-corrected chi connectivity index (χ3v) is 4.78. The van der Waals surface area contributed by atoms with Crippen LogP contribution in [0.15, 0.2) is 72.4 Å². The Morgan fingerprint density at radius 3 is 2.04 bits per heavy atom. The zero-order valence-electron chi connectivity index (χ0n) is 14.4. The van der Waals surface area contributed by atoms with Gasteiger partial charge in [-0.25, -0.2) is 0 Å². The van der Waals surface area contributed by atoms with E-state index in [1.54, 1.807) is 6.08 Å². The standard InChI is InChI=1S/C21H24N2O/c1-15(18-10-6-4-7-11-18)22-20-14-21(24)23(17(20)3)16(2)19-12-8-5-9-13-19/h4-17,22H,1-3H3/t15-,16-,17+/m1/s1. The minimum atomic E-state index is 0.0406. The maximum atomic E-state index is 12.5. The minimum Gasteiger partial charge on any atom is -0.380 e. The van der Waals surface area contributed by atoms with Gasteiger partial charge < -0.3 is 10.2 Å². The predicted molar refractivity (Wildman–Crippen MR) is 97.2 cm³/mol. The summed E-state index contributed by atoms with van der Waals surface area (Å²) in [6.07, 6.45) is 1.74. The summed E-state index contributed by atoms with van der Waals surface area (Å²) in [6.45, 7) is 6.29. The Bertz CT molecular complexity index is 724. The molecular weight excluding hydrogens is 296 g/mol. The maximum absolute atomic E-state index is 12.5. The summed E-state index contributed by atoms with van der Waals surface area (Å²) >= 11 is 0. The number of nitrogens with one attached hydrogen (secondary N) is 1. The summed E-state index contributed by atoms with van der Waals surface area (Å²) < 4.78 is 0. The predicted octanol–water partition coefficient (Wildman–Crippen LogP) is 4.21. The van der Waals surface area contributed by atoms with Crippen molar-refractivity contribution in [2.24, 2.45) is 0 Å². The van der Waals surface area contributed by atoms with E-state index in [1.165, 1.54) is 5.56 Å². The Morgan fingerprint density at radius 1 is 0.917 bits per heavy atom. The van der Waals surface area contributed by atoms with Crippen LogP contribution in [0.5, 0.6) is 0 Å². The smallest absolute Gasteiger partial charge is 0.249 e. The van der Waals surface area contributed by atoms with Gasteiger partial charge in [-0.2, -0.15) is 0 Å². The Balaban J connectivity index is 1.73. The number of carbonyl (C=O) groups excluding carboxylic acids is 1. The van der Waals surface area contributed by atoms with Crippen molar-refractivity contribution in [3.8, 4) is 0 Å². The molecule has 0 radical (unpaired) electrons. The van der Waals surface area contributed by atoms with Crippen LogP contribution in [0.25, 0.3) is 0 Å². The van der Waals surface area contributed by atoms with Crippen LogP contribution in [0.1, 0.15) is 44.0 Å². The van der Waals surface area contributed by atoms with E-state index in [4.69, 9.17) is 0 Å². The first-order valence-electron chi connectivity index (χ1n) is 8.48. The maximum Gasteiger partial charge on any atom is 0.249 e. The molecule has 0 aliphatic carbocycles. The molecule has 1 amide bonds. The van der Waals surface area contributed by atoms with E-state index in [9.17, 15) is 4.79 Å².